The van der Waals surface area contributed by atoms with Crippen LogP contribution in [-0.2, 0) is 6.42 Å². The second kappa shape index (κ2) is 3.92. The lowest BCUT2D eigenvalue weighted by atomic mass is 9.76. The van der Waals surface area contributed by atoms with Gasteiger partial charge in [-0.2, -0.15) is 0 Å². The highest BCUT2D eigenvalue weighted by Crippen LogP contribution is 2.17. The van der Waals surface area contributed by atoms with Crippen molar-refractivity contribution in [1.29, 1.82) is 0 Å². The molecular weight excluding hydrogens is 194 g/mol. The molecule has 0 aliphatic carbocycles. The van der Waals surface area contributed by atoms with Crippen molar-refractivity contribution in [1.82, 2.24) is 0 Å². The van der Waals surface area contributed by atoms with Gasteiger partial charge in [0.15, 0.2) is 0 Å². The van der Waals surface area contributed by atoms with Crippen LogP contribution in [0.3, 0.4) is 0 Å². The van der Waals surface area contributed by atoms with Crippen LogP contribution < -0.4 is 5.73 Å². The molecule has 1 atom stereocenters. The maximum Gasteiger partial charge on any atom is 0.494 e. The Morgan fingerprint density at radius 2 is 1.71 bits per heavy atom. The average molecular weight is 204 g/mol. The molecule has 2 nitrogen and oxygen atoms in total. The normalized spacial score (nSPS) is 14.0. The van der Waals surface area contributed by atoms with E-state index in [1.54, 1.807) is 0 Å². The van der Waals surface area contributed by atoms with Gasteiger partial charge in [0.05, 0.1) is 0 Å². The zero-order valence-electron chi connectivity index (χ0n) is 7.33. The van der Waals surface area contributed by atoms with Gasteiger partial charge in [0.1, 0.15) is 5.75 Å². The summed E-state index contributed by atoms with van der Waals surface area (Å²) in [5.41, 5.74) is 5.43. The Labute approximate surface area is 79.6 Å². The number of phenolic OH excluding ortho intramolecular Hbond substituents is 1. The molecule has 78 valence electrons. The number of nitrogens with two attached hydrogens (primary N) is 1. The van der Waals surface area contributed by atoms with Crippen molar-refractivity contribution in [2.75, 3.05) is 0 Å². The third-order valence-electron chi connectivity index (χ3n) is 1.89. The standard InChI is InChI=1S/C8H10BF3NO/c10-9(11,12)8(13)5-6-1-3-7(14)4-2-6/h1-4,8,14H,5,13H2/q-1. The summed E-state index contributed by atoms with van der Waals surface area (Å²) in [6, 6.07) is 5.53. The summed E-state index contributed by atoms with van der Waals surface area (Å²) in [7, 11) is 0. The summed E-state index contributed by atoms with van der Waals surface area (Å²) in [6.07, 6.45) is -0.246. The van der Waals surface area contributed by atoms with E-state index in [-0.39, 0.29) is 12.2 Å². The number of aromatic hydroxyl groups is 1. The van der Waals surface area contributed by atoms with E-state index in [2.05, 4.69) is 0 Å². The van der Waals surface area contributed by atoms with E-state index < -0.39 is 12.9 Å². The van der Waals surface area contributed by atoms with Crippen LogP contribution in [0.4, 0.5) is 12.9 Å². The van der Waals surface area contributed by atoms with Crippen molar-refractivity contribution in [3.8, 4) is 5.75 Å². The van der Waals surface area contributed by atoms with Gasteiger partial charge < -0.3 is 23.8 Å². The molecule has 0 bridgehead atoms. The zero-order valence-corrected chi connectivity index (χ0v) is 7.33. The lowest BCUT2D eigenvalue weighted by Gasteiger charge is -2.22. The van der Waals surface area contributed by atoms with Gasteiger partial charge in [-0.15, -0.1) is 0 Å². The van der Waals surface area contributed by atoms with Gasteiger partial charge in [0, 0.05) is 0 Å². The molecule has 0 radical (unpaired) electrons. The van der Waals surface area contributed by atoms with Crippen LogP contribution in [0, 0.1) is 0 Å². The first kappa shape index (κ1) is 10.9. The molecule has 0 aliphatic heterocycles. The van der Waals surface area contributed by atoms with Crippen LogP contribution >= 0.6 is 0 Å². The van der Waals surface area contributed by atoms with Crippen molar-refractivity contribution < 1.29 is 18.1 Å². The summed E-state index contributed by atoms with van der Waals surface area (Å²) in [4.78, 5) is 0. The third kappa shape index (κ3) is 2.95. The molecule has 1 rings (SSSR count). The molecule has 0 aliphatic rings. The second-order valence-corrected chi connectivity index (χ2v) is 3.16. The van der Waals surface area contributed by atoms with Crippen molar-refractivity contribution in [2.45, 2.75) is 12.4 Å². The van der Waals surface area contributed by atoms with Gasteiger partial charge in [-0.1, -0.05) is 12.1 Å². The molecule has 3 N–H and O–H groups in total. The molecule has 0 saturated carbocycles. The van der Waals surface area contributed by atoms with Crippen LogP contribution in [0.2, 0.25) is 0 Å². The Balaban J connectivity index is 2.65. The number of halogens is 3. The molecular formula is C8H10BF3NO-. The summed E-state index contributed by atoms with van der Waals surface area (Å²) >= 11 is 0. The Hall–Kier alpha value is -1.17. The van der Waals surface area contributed by atoms with E-state index in [1.807, 2.05) is 0 Å². The van der Waals surface area contributed by atoms with Gasteiger partial charge in [0.2, 0.25) is 0 Å². The molecule has 1 aromatic rings. The second-order valence-electron chi connectivity index (χ2n) is 3.16. The maximum atomic E-state index is 12.1. The number of rotatable bonds is 3. The first-order chi connectivity index (χ1) is 6.39. The number of hydrogen-bond acceptors (Lipinski definition) is 2. The predicted molar refractivity (Wildman–Crippen MR) is 48.9 cm³/mol. The first-order valence-corrected chi connectivity index (χ1v) is 4.13. The zero-order chi connectivity index (χ0) is 10.8. The molecule has 0 aromatic heterocycles. The van der Waals surface area contributed by atoms with Crippen LogP contribution in [0.5, 0.6) is 5.75 Å². The first-order valence-electron chi connectivity index (χ1n) is 4.13. The summed E-state index contributed by atoms with van der Waals surface area (Å²) in [5.74, 6) is -1.76. The molecule has 0 saturated heterocycles. The quantitative estimate of drug-likeness (QED) is 0.735. The van der Waals surface area contributed by atoms with Crippen LogP contribution in [-0.4, -0.2) is 18.0 Å². The highest BCUT2D eigenvalue weighted by molar-refractivity contribution is 6.60. The molecule has 6 heteroatoms. The molecule has 0 amide bonds. The smallest absolute Gasteiger partial charge is 0.494 e. The molecule has 0 spiro atoms. The minimum absolute atomic E-state index is 0.0276. The molecule has 14 heavy (non-hydrogen) atoms. The van der Waals surface area contributed by atoms with E-state index in [9.17, 15) is 12.9 Å². The minimum atomic E-state index is -4.99. The third-order valence-corrected chi connectivity index (χ3v) is 1.89. The summed E-state index contributed by atoms with van der Waals surface area (Å²) in [5, 5.41) is 8.90. The van der Waals surface area contributed by atoms with Crippen molar-refractivity contribution in [3.05, 3.63) is 29.8 Å². The summed E-state index contributed by atoms with van der Waals surface area (Å²) in [6.45, 7) is -4.99. The fourth-order valence-corrected chi connectivity index (χ4v) is 1.04. The van der Waals surface area contributed by atoms with E-state index in [0.29, 0.717) is 5.56 Å². The van der Waals surface area contributed by atoms with Crippen LogP contribution in [0.1, 0.15) is 5.56 Å². The highest BCUT2D eigenvalue weighted by Gasteiger charge is 2.31. The Morgan fingerprint density at radius 1 is 1.21 bits per heavy atom. The van der Waals surface area contributed by atoms with Crippen molar-refractivity contribution in [3.63, 3.8) is 0 Å². The summed E-state index contributed by atoms with van der Waals surface area (Å²) < 4.78 is 36.3. The SMILES string of the molecule is NC(Cc1ccc(O)cc1)[B-](F)(F)F. The van der Waals surface area contributed by atoms with Gasteiger partial charge in [-0.3, -0.25) is 0 Å². The molecule has 1 aromatic carbocycles. The van der Waals surface area contributed by atoms with E-state index in [1.165, 1.54) is 24.3 Å². The van der Waals surface area contributed by atoms with Gasteiger partial charge in [-0.25, -0.2) is 0 Å². The van der Waals surface area contributed by atoms with Gasteiger partial charge in [-0.05, 0) is 30.1 Å². The van der Waals surface area contributed by atoms with E-state index >= 15 is 0 Å². The fraction of sp³-hybridized carbons (Fsp3) is 0.250. The maximum absolute atomic E-state index is 12.1. The molecule has 0 heterocycles. The van der Waals surface area contributed by atoms with E-state index in [0.717, 1.165) is 0 Å². The minimum Gasteiger partial charge on any atom is -0.508 e. The number of benzene rings is 1. The van der Waals surface area contributed by atoms with Crippen molar-refractivity contribution >= 4 is 6.98 Å². The monoisotopic (exact) mass is 204 g/mol. The van der Waals surface area contributed by atoms with Crippen LogP contribution in [0.25, 0.3) is 0 Å². The predicted octanol–water partition coefficient (Wildman–Crippen LogP) is 1.65. The lowest BCUT2D eigenvalue weighted by molar-refractivity contribution is 0.436. The van der Waals surface area contributed by atoms with Gasteiger partial charge in [0.25, 0.3) is 0 Å². The largest absolute Gasteiger partial charge is 0.508 e. The Bertz CT molecular complexity index is 298. The van der Waals surface area contributed by atoms with Gasteiger partial charge >= 0.3 is 6.98 Å². The molecule has 1 unspecified atom stereocenters. The highest BCUT2D eigenvalue weighted by atomic mass is 19.4. The topological polar surface area (TPSA) is 46.2 Å². The Morgan fingerprint density at radius 3 is 2.14 bits per heavy atom. The Kier molecular flexibility index (Phi) is 3.05. The average Bonchev–Trinajstić information content (AvgIpc) is 2.07. The fourth-order valence-electron chi connectivity index (χ4n) is 1.04. The van der Waals surface area contributed by atoms with Crippen molar-refractivity contribution in [2.24, 2.45) is 5.73 Å². The number of hydrogen-bond donors (Lipinski definition) is 2. The number of phenols is 1. The lowest BCUT2D eigenvalue weighted by Crippen LogP contribution is -2.44. The van der Waals surface area contributed by atoms with E-state index in [4.69, 9.17) is 10.8 Å². The van der Waals surface area contributed by atoms with Crippen LogP contribution in [0.15, 0.2) is 24.3 Å². The molecule has 0 fully saturated rings.